The highest BCUT2D eigenvalue weighted by Gasteiger charge is 2.33. The number of methoxy groups -OCH3 is 2. The standard InChI is InChI=1S/C23H25ClN4O8S2/c1-25-18(30)15(19(31)26(2)22(25)37)14(16-20(32)27(3)23(38)28(4)21(16)33)10-7-11(24)17(12(8-10)34-5)36-9-13(29)35-6/h7-8,14,30,32H,9H2,1-6H3. The Morgan fingerprint density at radius 1 is 0.921 bits per heavy atom. The fraction of sp³-hybridized carbons (Fsp3) is 0.348. The second-order valence-corrected chi connectivity index (χ2v) is 9.36. The topological polar surface area (TPSA) is 139 Å². The van der Waals surface area contributed by atoms with Crippen LogP contribution in [0.5, 0.6) is 23.3 Å². The number of hydrogen-bond donors (Lipinski definition) is 2. The van der Waals surface area contributed by atoms with Gasteiger partial charge in [0.1, 0.15) is 0 Å². The van der Waals surface area contributed by atoms with Gasteiger partial charge in [0.15, 0.2) is 27.6 Å². The number of aromatic nitrogens is 4. The zero-order valence-corrected chi connectivity index (χ0v) is 23.7. The van der Waals surface area contributed by atoms with Gasteiger partial charge in [-0.1, -0.05) is 11.6 Å². The number of benzene rings is 1. The third-order valence-electron chi connectivity index (χ3n) is 6.06. The lowest BCUT2D eigenvalue weighted by Gasteiger charge is -2.24. The SMILES string of the molecule is COC(=O)COc1c(Cl)cc(C(c2c(O)n(C)c(=S)n(C)c2=O)c2c(O)n(C)c(=S)n(C)c2=O)cc1OC. The van der Waals surface area contributed by atoms with E-state index in [4.69, 9.17) is 45.5 Å². The van der Waals surface area contributed by atoms with Gasteiger partial charge < -0.3 is 24.4 Å². The number of ether oxygens (including phenoxy) is 3. The van der Waals surface area contributed by atoms with Crippen molar-refractivity contribution in [3.63, 3.8) is 0 Å². The van der Waals surface area contributed by atoms with E-state index in [0.717, 1.165) is 9.13 Å². The zero-order chi connectivity index (χ0) is 28.6. The Morgan fingerprint density at radius 3 is 1.82 bits per heavy atom. The molecule has 0 aliphatic carbocycles. The molecule has 3 rings (SSSR count). The molecule has 0 aliphatic heterocycles. The van der Waals surface area contributed by atoms with Gasteiger partial charge in [-0.25, -0.2) is 4.79 Å². The monoisotopic (exact) mass is 584 g/mol. The summed E-state index contributed by atoms with van der Waals surface area (Å²) in [7, 11) is 8.22. The molecule has 2 aromatic heterocycles. The molecule has 0 aliphatic rings. The number of nitrogens with zero attached hydrogens (tertiary/aromatic N) is 4. The van der Waals surface area contributed by atoms with Crippen LogP contribution in [-0.2, 0) is 37.7 Å². The normalized spacial score (nSPS) is 11.1. The third kappa shape index (κ3) is 4.81. The molecule has 12 nitrogen and oxygen atoms in total. The van der Waals surface area contributed by atoms with Crippen molar-refractivity contribution in [3.8, 4) is 23.3 Å². The first-order valence-corrected chi connectivity index (χ1v) is 12.0. The van der Waals surface area contributed by atoms with E-state index in [1.54, 1.807) is 0 Å². The summed E-state index contributed by atoms with van der Waals surface area (Å²) in [6.07, 6.45) is 0. The molecule has 38 heavy (non-hydrogen) atoms. The lowest BCUT2D eigenvalue weighted by atomic mass is 9.86. The van der Waals surface area contributed by atoms with Crippen molar-refractivity contribution in [1.82, 2.24) is 18.3 Å². The molecule has 15 heteroatoms. The Bertz CT molecular complexity index is 1600. The van der Waals surface area contributed by atoms with Gasteiger partial charge in [0.2, 0.25) is 11.8 Å². The molecule has 0 atom stereocenters. The van der Waals surface area contributed by atoms with E-state index in [2.05, 4.69) is 4.74 Å². The molecular weight excluding hydrogens is 560 g/mol. The number of carbonyl (C=O) groups is 1. The van der Waals surface area contributed by atoms with Crippen LogP contribution in [0.25, 0.3) is 0 Å². The molecule has 0 spiro atoms. The predicted molar refractivity (Wildman–Crippen MR) is 143 cm³/mol. The van der Waals surface area contributed by atoms with Gasteiger partial charge in [-0.2, -0.15) is 0 Å². The number of esters is 1. The second-order valence-electron chi connectivity index (χ2n) is 8.22. The van der Waals surface area contributed by atoms with E-state index >= 15 is 0 Å². The third-order valence-corrected chi connectivity index (χ3v) is 7.44. The van der Waals surface area contributed by atoms with Crippen LogP contribution >= 0.6 is 36.0 Å². The summed E-state index contributed by atoms with van der Waals surface area (Å²) >= 11 is 17.0. The van der Waals surface area contributed by atoms with Gasteiger partial charge in [-0.05, 0) is 42.1 Å². The highest BCUT2D eigenvalue weighted by Crippen LogP contribution is 2.43. The molecule has 0 radical (unpaired) electrons. The van der Waals surface area contributed by atoms with Crippen molar-refractivity contribution >= 4 is 42.0 Å². The molecule has 2 heterocycles. The molecule has 2 N–H and O–H groups in total. The van der Waals surface area contributed by atoms with E-state index in [1.807, 2.05) is 0 Å². The number of halogens is 1. The fourth-order valence-electron chi connectivity index (χ4n) is 3.94. The van der Waals surface area contributed by atoms with Crippen LogP contribution in [0.4, 0.5) is 0 Å². The summed E-state index contributed by atoms with van der Waals surface area (Å²) in [6, 6.07) is 2.77. The van der Waals surface area contributed by atoms with Crippen molar-refractivity contribution in [2.24, 2.45) is 28.2 Å². The average Bonchev–Trinajstić information content (AvgIpc) is 2.90. The molecule has 0 saturated heterocycles. The summed E-state index contributed by atoms with van der Waals surface area (Å²) in [5.74, 6) is -3.07. The van der Waals surface area contributed by atoms with Crippen LogP contribution in [-0.4, -0.2) is 55.3 Å². The van der Waals surface area contributed by atoms with Gasteiger partial charge in [0, 0.05) is 28.2 Å². The van der Waals surface area contributed by atoms with Gasteiger partial charge >= 0.3 is 5.97 Å². The quantitative estimate of drug-likeness (QED) is 0.313. The second kappa shape index (κ2) is 11.0. The maximum Gasteiger partial charge on any atom is 0.343 e. The molecule has 0 amide bonds. The Kier molecular flexibility index (Phi) is 8.39. The van der Waals surface area contributed by atoms with Gasteiger partial charge in [-0.15, -0.1) is 0 Å². The maximum absolute atomic E-state index is 13.5. The Morgan fingerprint density at radius 2 is 1.39 bits per heavy atom. The van der Waals surface area contributed by atoms with Crippen molar-refractivity contribution in [2.45, 2.75) is 5.92 Å². The summed E-state index contributed by atoms with van der Waals surface area (Å²) < 4.78 is 20.1. The minimum absolute atomic E-state index is 0.00533. The summed E-state index contributed by atoms with van der Waals surface area (Å²) in [5, 5.41) is 22.2. The molecule has 1 aromatic carbocycles. The number of carbonyl (C=O) groups excluding carboxylic acids is 1. The highest BCUT2D eigenvalue weighted by molar-refractivity contribution is 7.71. The minimum atomic E-state index is -1.38. The van der Waals surface area contributed by atoms with Crippen molar-refractivity contribution in [2.75, 3.05) is 20.8 Å². The molecule has 0 saturated carbocycles. The van der Waals surface area contributed by atoms with Crippen molar-refractivity contribution < 1.29 is 29.2 Å². The van der Waals surface area contributed by atoms with Gasteiger partial charge in [-0.3, -0.25) is 27.9 Å². The first-order chi connectivity index (χ1) is 17.8. The first-order valence-electron chi connectivity index (χ1n) is 10.8. The van der Waals surface area contributed by atoms with Crippen LogP contribution in [0.3, 0.4) is 0 Å². The Labute approximate surface area is 231 Å². The van der Waals surface area contributed by atoms with Crippen LogP contribution in [0.2, 0.25) is 5.02 Å². The lowest BCUT2D eigenvalue weighted by Crippen LogP contribution is -2.33. The van der Waals surface area contributed by atoms with Crippen LogP contribution in [0, 0.1) is 9.54 Å². The first kappa shape index (κ1) is 28.9. The lowest BCUT2D eigenvalue weighted by molar-refractivity contribution is -0.142. The van der Waals surface area contributed by atoms with E-state index in [-0.39, 0.29) is 42.8 Å². The Hall–Kier alpha value is -3.62. The van der Waals surface area contributed by atoms with Gasteiger partial charge in [0.25, 0.3) is 11.1 Å². The number of hydrogen-bond acceptors (Lipinski definition) is 10. The minimum Gasteiger partial charge on any atom is -0.494 e. The smallest absolute Gasteiger partial charge is 0.343 e. The van der Waals surface area contributed by atoms with Crippen LogP contribution in [0.1, 0.15) is 22.6 Å². The largest absolute Gasteiger partial charge is 0.494 e. The highest BCUT2D eigenvalue weighted by atomic mass is 35.5. The van der Waals surface area contributed by atoms with Crippen LogP contribution in [0.15, 0.2) is 21.7 Å². The fourth-order valence-corrected chi connectivity index (χ4v) is 4.55. The average molecular weight is 585 g/mol. The van der Waals surface area contributed by atoms with Crippen molar-refractivity contribution in [3.05, 3.63) is 64.1 Å². The van der Waals surface area contributed by atoms with Crippen molar-refractivity contribution in [1.29, 1.82) is 0 Å². The zero-order valence-electron chi connectivity index (χ0n) is 21.3. The number of rotatable bonds is 7. The molecule has 0 fully saturated rings. The Balaban J connectivity index is 2.49. The number of aromatic hydroxyl groups is 2. The van der Waals surface area contributed by atoms with E-state index < -0.39 is 41.4 Å². The summed E-state index contributed by atoms with van der Waals surface area (Å²) in [5.41, 5.74) is -1.80. The summed E-state index contributed by atoms with van der Waals surface area (Å²) in [6.45, 7) is -0.468. The maximum atomic E-state index is 13.5. The predicted octanol–water partition coefficient (Wildman–Crippen LogP) is 2.03. The molecule has 0 unspecified atom stereocenters. The molecule has 3 aromatic rings. The van der Waals surface area contributed by atoms with Gasteiger partial charge in [0.05, 0.1) is 36.3 Å². The van der Waals surface area contributed by atoms with Crippen LogP contribution < -0.4 is 20.6 Å². The molecule has 204 valence electrons. The van der Waals surface area contributed by atoms with E-state index in [9.17, 15) is 24.6 Å². The van der Waals surface area contributed by atoms with E-state index in [0.29, 0.717) is 0 Å². The molecular formula is C23H25ClN4O8S2. The van der Waals surface area contributed by atoms with E-state index in [1.165, 1.54) is 63.7 Å². The summed E-state index contributed by atoms with van der Waals surface area (Å²) in [4.78, 5) is 38.6. The molecule has 0 bridgehead atoms.